The molecular weight excluding hydrogens is 625 g/mol. The highest BCUT2D eigenvalue weighted by molar-refractivity contribution is 7.47. The van der Waals surface area contributed by atoms with E-state index in [1.165, 1.54) is 116 Å². The maximum atomic E-state index is 12.2. The number of amides is 1. The molecule has 0 bridgehead atoms. The molecule has 12 heteroatoms. The largest absolute Gasteiger partial charge is 0.480 e. The maximum Gasteiger partial charge on any atom is 0.472 e. The van der Waals surface area contributed by atoms with E-state index in [2.05, 4.69) is 16.8 Å². The summed E-state index contributed by atoms with van der Waals surface area (Å²) in [4.78, 5) is 44.8. The lowest BCUT2D eigenvalue weighted by molar-refractivity contribution is -0.147. The van der Waals surface area contributed by atoms with Crippen LogP contribution in [0.15, 0.2) is 0 Å². The van der Waals surface area contributed by atoms with E-state index < -0.39 is 57.6 Å². The highest BCUT2D eigenvalue weighted by Crippen LogP contribution is 2.43. The molecule has 0 spiro atoms. The van der Waals surface area contributed by atoms with Gasteiger partial charge in [0.2, 0.25) is 5.91 Å². The number of esters is 1. The molecule has 0 fully saturated rings. The summed E-state index contributed by atoms with van der Waals surface area (Å²) in [7, 11) is -4.72. The van der Waals surface area contributed by atoms with Gasteiger partial charge in [0.25, 0.3) is 0 Å². The first-order valence-electron chi connectivity index (χ1n) is 18.6. The molecule has 47 heavy (non-hydrogen) atoms. The topological polar surface area (TPSA) is 169 Å². The lowest BCUT2D eigenvalue weighted by Gasteiger charge is -2.18. The molecule has 0 aliphatic heterocycles. The molecule has 11 nitrogen and oxygen atoms in total. The van der Waals surface area contributed by atoms with E-state index in [4.69, 9.17) is 9.26 Å². The number of nitrogens with one attached hydrogen (secondary N) is 1. The fourth-order valence-corrected chi connectivity index (χ4v) is 6.01. The van der Waals surface area contributed by atoms with Crippen LogP contribution in [0.5, 0.6) is 0 Å². The number of aliphatic hydroxyl groups is 1. The number of hydrogen-bond acceptors (Lipinski definition) is 8. The number of unbranched alkanes of at least 4 members (excludes halogenated alkanes) is 21. The van der Waals surface area contributed by atoms with Gasteiger partial charge in [0.1, 0.15) is 12.7 Å². The molecule has 0 aliphatic carbocycles. The van der Waals surface area contributed by atoms with Crippen molar-refractivity contribution in [2.45, 2.75) is 187 Å². The van der Waals surface area contributed by atoms with Gasteiger partial charge in [-0.3, -0.25) is 18.6 Å². The van der Waals surface area contributed by atoms with Crippen LogP contribution in [-0.2, 0) is 32.7 Å². The summed E-state index contributed by atoms with van der Waals surface area (Å²) in [5.74, 6) is -2.42. The Morgan fingerprint density at radius 1 is 0.596 bits per heavy atom. The quantitative estimate of drug-likeness (QED) is 0.0287. The zero-order valence-electron chi connectivity index (χ0n) is 29.6. The molecule has 1 amide bonds. The van der Waals surface area contributed by atoms with Gasteiger partial charge in [0.15, 0.2) is 6.04 Å². The summed E-state index contributed by atoms with van der Waals surface area (Å²) in [6.45, 7) is 2.17. The summed E-state index contributed by atoms with van der Waals surface area (Å²) in [5.41, 5.74) is 0. The van der Waals surface area contributed by atoms with E-state index in [-0.39, 0.29) is 12.8 Å². The number of carboxylic acids is 1. The molecule has 0 radical (unpaired) electrons. The number of ether oxygens (including phenoxy) is 1. The van der Waals surface area contributed by atoms with Crippen molar-refractivity contribution < 1.29 is 47.8 Å². The fourth-order valence-electron chi connectivity index (χ4n) is 5.24. The third-order valence-electron chi connectivity index (χ3n) is 8.12. The van der Waals surface area contributed by atoms with Gasteiger partial charge >= 0.3 is 19.8 Å². The number of carbonyl (C=O) groups excluding carboxylic acids is 2. The second-order valence-corrected chi connectivity index (χ2v) is 14.2. The molecule has 0 aliphatic rings. The Morgan fingerprint density at radius 3 is 1.40 bits per heavy atom. The minimum absolute atomic E-state index is 0.152. The Kier molecular flexibility index (Phi) is 30.7. The van der Waals surface area contributed by atoms with Gasteiger partial charge in [-0.2, -0.15) is 0 Å². The summed E-state index contributed by atoms with van der Waals surface area (Å²) in [5, 5.41) is 21.4. The first kappa shape index (κ1) is 45.5. The van der Waals surface area contributed by atoms with Crippen LogP contribution in [-0.4, -0.2) is 64.9 Å². The zero-order chi connectivity index (χ0) is 35.0. The van der Waals surface area contributed by atoms with E-state index >= 15 is 0 Å². The average molecular weight is 694 g/mol. The van der Waals surface area contributed by atoms with Crippen LogP contribution in [0.2, 0.25) is 0 Å². The second-order valence-electron chi connectivity index (χ2n) is 12.8. The highest BCUT2D eigenvalue weighted by atomic mass is 31.2. The Bertz CT molecular complexity index is 828. The fraction of sp³-hybridized carbons (Fsp3) is 0.914. The lowest BCUT2D eigenvalue weighted by atomic mass is 10.0. The predicted octanol–water partition coefficient (Wildman–Crippen LogP) is 8.39. The molecule has 0 saturated heterocycles. The number of carbonyl (C=O) groups is 3. The predicted molar refractivity (Wildman–Crippen MR) is 185 cm³/mol. The Balaban J connectivity index is 3.73. The Morgan fingerprint density at radius 2 is 1.00 bits per heavy atom. The maximum absolute atomic E-state index is 12.2. The van der Waals surface area contributed by atoms with Gasteiger partial charge in [0, 0.05) is 12.8 Å². The van der Waals surface area contributed by atoms with Crippen molar-refractivity contribution in [3.05, 3.63) is 0 Å². The zero-order valence-corrected chi connectivity index (χ0v) is 30.5. The van der Waals surface area contributed by atoms with Crippen LogP contribution < -0.4 is 5.32 Å². The molecule has 0 rings (SSSR count). The monoisotopic (exact) mass is 693 g/mol. The summed E-state index contributed by atoms with van der Waals surface area (Å²) >= 11 is 0. The van der Waals surface area contributed by atoms with Gasteiger partial charge in [-0.25, -0.2) is 9.36 Å². The number of rotatable bonds is 35. The highest BCUT2D eigenvalue weighted by Gasteiger charge is 2.28. The van der Waals surface area contributed by atoms with Crippen molar-refractivity contribution in [1.29, 1.82) is 0 Å². The van der Waals surface area contributed by atoms with Gasteiger partial charge in [-0.1, -0.05) is 149 Å². The van der Waals surface area contributed by atoms with Crippen molar-refractivity contribution in [3.8, 4) is 0 Å². The Labute approximate surface area is 284 Å². The van der Waals surface area contributed by atoms with E-state index in [0.29, 0.717) is 12.8 Å². The summed E-state index contributed by atoms with van der Waals surface area (Å²) in [6.07, 6.45) is 27.6. The number of carboxylic acid groups (broad SMARTS) is 1. The molecule has 0 aromatic rings. The Hall–Kier alpha value is -1.52. The van der Waals surface area contributed by atoms with Crippen molar-refractivity contribution in [2.24, 2.45) is 0 Å². The van der Waals surface area contributed by atoms with Crippen molar-refractivity contribution in [3.63, 3.8) is 0 Å². The molecule has 0 heterocycles. The van der Waals surface area contributed by atoms with Crippen LogP contribution in [0.4, 0.5) is 0 Å². The second kappa shape index (κ2) is 31.7. The lowest BCUT2D eigenvalue weighted by Crippen LogP contribution is -2.43. The molecule has 4 N–H and O–H groups in total. The van der Waals surface area contributed by atoms with E-state index in [1.807, 2.05) is 0 Å². The first-order valence-corrected chi connectivity index (χ1v) is 20.1. The number of hydrogen-bond donors (Lipinski definition) is 4. The minimum Gasteiger partial charge on any atom is -0.480 e. The van der Waals surface area contributed by atoms with Gasteiger partial charge in [-0.05, 0) is 12.8 Å². The number of aliphatic carboxylic acids is 1. The molecule has 3 unspecified atom stereocenters. The molecular formula is C35H68NO10P. The van der Waals surface area contributed by atoms with Crippen molar-refractivity contribution in [2.75, 3.05) is 19.8 Å². The van der Waals surface area contributed by atoms with Gasteiger partial charge in [-0.15, -0.1) is 0 Å². The average Bonchev–Trinajstić information content (AvgIpc) is 3.03. The van der Waals surface area contributed by atoms with Gasteiger partial charge < -0.3 is 25.2 Å². The molecule has 3 atom stereocenters. The third kappa shape index (κ3) is 31.5. The normalized spacial score (nSPS) is 14.0. The number of phosphoric acid groups is 1. The minimum atomic E-state index is -4.72. The summed E-state index contributed by atoms with van der Waals surface area (Å²) in [6, 6.07) is -1.54. The number of aliphatic hydroxyl groups excluding tert-OH is 1. The van der Waals surface area contributed by atoms with E-state index in [0.717, 1.165) is 19.3 Å². The molecule has 278 valence electrons. The summed E-state index contributed by atoms with van der Waals surface area (Å²) < 4.78 is 26.2. The van der Waals surface area contributed by atoms with Crippen LogP contribution in [0, 0.1) is 0 Å². The SMILES string of the molecule is CCCCCCCCCCCCCCCCCCCCCCCCC(=O)NC(COP(=O)(O)OCC(O)COC(=O)CCC)C(=O)O. The smallest absolute Gasteiger partial charge is 0.472 e. The molecule has 0 aromatic heterocycles. The van der Waals surface area contributed by atoms with E-state index in [1.54, 1.807) is 6.92 Å². The van der Waals surface area contributed by atoms with Crippen molar-refractivity contribution in [1.82, 2.24) is 5.32 Å². The van der Waals surface area contributed by atoms with E-state index in [9.17, 15) is 34.1 Å². The van der Waals surface area contributed by atoms with Crippen molar-refractivity contribution >= 4 is 25.7 Å². The molecule has 0 aromatic carbocycles. The van der Waals surface area contributed by atoms with Gasteiger partial charge in [0.05, 0.1) is 13.2 Å². The third-order valence-corrected chi connectivity index (χ3v) is 9.07. The van der Waals surface area contributed by atoms with Crippen LogP contribution in [0.1, 0.15) is 174 Å². The van der Waals surface area contributed by atoms with Crippen LogP contribution >= 0.6 is 7.82 Å². The van der Waals surface area contributed by atoms with Crippen LogP contribution in [0.3, 0.4) is 0 Å². The standard InChI is InChI=1S/C35H68NO10P/c1-3-5-6-7-8-9-10-11-12-13-14-15-16-17-18-19-20-21-22-23-24-25-27-33(38)36-32(35(40)41)30-46-47(42,43)45-29-31(37)28-44-34(39)26-4-2/h31-32,37H,3-30H2,1-2H3,(H,36,38)(H,40,41)(H,42,43). The number of phosphoric ester groups is 1. The van der Waals surface area contributed by atoms with Crippen LogP contribution in [0.25, 0.3) is 0 Å². The molecule has 0 saturated carbocycles. The first-order chi connectivity index (χ1) is 22.6.